The minimum atomic E-state index is -0.205. The molecule has 0 heterocycles. The topological polar surface area (TPSA) is 47.6 Å². The largest absolute Gasteiger partial charge is 0.494 e. The number of hydrogen-bond donors (Lipinski definition) is 1. The molecule has 2 aromatic rings. The molecule has 23 heavy (non-hydrogen) atoms. The maximum atomic E-state index is 12.0. The molecule has 0 bridgehead atoms. The van der Waals surface area contributed by atoms with E-state index in [0.717, 1.165) is 22.3 Å². The van der Waals surface area contributed by atoms with E-state index in [0.29, 0.717) is 12.4 Å². The molecule has 0 fully saturated rings. The molecule has 2 aromatic carbocycles. The van der Waals surface area contributed by atoms with Crippen LogP contribution >= 0.6 is 15.9 Å². The fourth-order valence-corrected chi connectivity index (χ4v) is 2.54. The monoisotopic (exact) mass is 377 g/mol. The summed E-state index contributed by atoms with van der Waals surface area (Å²) in [5.74, 6) is 1.21. The van der Waals surface area contributed by atoms with Crippen LogP contribution in [-0.2, 0) is 11.2 Å². The first-order valence-electron chi connectivity index (χ1n) is 7.56. The fourth-order valence-electron chi connectivity index (χ4n) is 2.01. The molecule has 0 aliphatic heterocycles. The van der Waals surface area contributed by atoms with Crippen molar-refractivity contribution in [2.45, 2.75) is 20.3 Å². The summed E-state index contributed by atoms with van der Waals surface area (Å²) in [6.45, 7) is 4.59. The number of halogens is 1. The van der Waals surface area contributed by atoms with Crippen molar-refractivity contribution < 1.29 is 14.3 Å². The van der Waals surface area contributed by atoms with Gasteiger partial charge in [-0.25, -0.2) is 0 Å². The van der Waals surface area contributed by atoms with Crippen LogP contribution in [0.2, 0.25) is 0 Å². The van der Waals surface area contributed by atoms with Crippen LogP contribution in [0.15, 0.2) is 46.9 Å². The van der Waals surface area contributed by atoms with E-state index < -0.39 is 0 Å². The van der Waals surface area contributed by atoms with Crippen molar-refractivity contribution in [1.29, 1.82) is 0 Å². The Kier molecular flexibility index (Phi) is 6.47. The van der Waals surface area contributed by atoms with Crippen molar-refractivity contribution in [3.8, 4) is 11.5 Å². The molecule has 122 valence electrons. The lowest BCUT2D eigenvalue weighted by Crippen LogP contribution is -2.20. The van der Waals surface area contributed by atoms with Gasteiger partial charge in [0.05, 0.1) is 12.3 Å². The lowest BCUT2D eigenvalue weighted by Gasteiger charge is -2.10. The first-order chi connectivity index (χ1) is 11.1. The van der Waals surface area contributed by atoms with Gasteiger partial charge >= 0.3 is 0 Å². The number of amides is 1. The van der Waals surface area contributed by atoms with Crippen molar-refractivity contribution >= 4 is 27.5 Å². The Labute approximate surface area is 144 Å². The summed E-state index contributed by atoms with van der Waals surface area (Å²) in [5.41, 5.74) is 1.95. The molecule has 0 unspecified atom stereocenters. The third-order valence-electron chi connectivity index (χ3n) is 3.22. The van der Waals surface area contributed by atoms with Gasteiger partial charge in [0.2, 0.25) is 0 Å². The standard InChI is InChI=1S/C18H20BrNO3/c1-3-13-5-10-17(16(19)11-13)20-18(21)12-23-15-8-6-14(7-9-15)22-4-2/h5-11H,3-4,12H2,1-2H3,(H,20,21). The Bertz CT molecular complexity index is 656. The number of rotatable bonds is 7. The highest BCUT2D eigenvalue weighted by Crippen LogP contribution is 2.24. The average Bonchev–Trinajstić information content (AvgIpc) is 2.56. The summed E-state index contributed by atoms with van der Waals surface area (Å²) >= 11 is 3.47. The summed E-state index contributed by atoms with van der Waals surface area (Å²) in [6.07, 6.45) is 0.952. The number of anilines is 1. The van der Waals surface area contributed by atoms with Gasteiger partial charge in [-0.1, -0.05) is 13.0 Å². The zero-order chi connectivity index (χ0) is 16.7. The van der Waals surface area contributed by atoms with Crippen molar-refractivity contribution in [2.75, 3.05) is 18.5 Å². The second kappa shape index (κ2) is 8.58. The molecule has 1 amide bonds. The van der Waals surface area contributed by atoms with Crippen LogP contribution < -0.4 is 14.8 Å². The average molecular weight is 378 g/mol. The van der Waals surface area contributed by atoms with Crippen molar-refractivity contribution in [3.05, 3.63) is 52.5 Å². The van der Waals surface area contributed by atoms with Crippen LogP contribution in [0, 0.1) is 0 Å². The quantitative estimate of drug-likeness (QED) is 0.776. The normalized spacial score (nSPS) is 10.2. The highest BCUT2D eigenvalue weighted by molar-refractivity contribution is 9.10. The van der Waals surface area contributed by atoms with E-state index in [9.17, 15) is 4.79 Å². The molecule has 4 nitrogen and oxygen atoms in total. The van der Waals surface area contributed by atoms with Gasteiger partial charge in [-0.3, -0.25) is 4.79 Å². The van der Waals surface area contributed by atoms with Crippen LogP contribution in [-0.4, -0.2) is 19.1 Å². The molecule has 0 aromatic heterocycles. The van der Waals surface area contributed by atoms with E-state index in [1.165, 1.54) is 5.56 Å². The third kappa shape index (κ3) is 5.28. The Morgan fingerprint density at radius 2 is 1.70 bits per heavy atom. The van der Waals surface area contributed by atoms with Gasteiger partial charge in [-0.05, 0) is 71.2 Å². The van der Waals surface area contributed by atoms with Crippen LogP contribution in [0.4, 0.5) is 5.69 Å². The maximum absolute atomic E-state index is 12.0. The van der Waals surface area contributed by atoms with Crippen LogP contribution in [0.1, 0.15) is 19.4 Å². The molecule has 0 saturated carbocycles. The fraction of sp³-hybridized carbons (Fsp3) is 0.278. The molecular formula is C18H20BrNO3. The molecule has 0 radical (unpaired) electrons. The first-order valence-corrected chi connectivity index (χ1v) is 8.35. The lowest BCUT2D eigenvalue weighted by atomic mass is 10.1. The lowest BCUT2D eigenvalue weighted by molar-refractivity contribution is -0.118. The molecule has 5 heteroatoms. The van der Waals surface area contributed by atoms with Gasteiger partial charge in [-0.2, -0.15) is 0 Å². The van der Waals surface area contributed by atoms with Gasteiger partial charge < -0.3 is 14.8 Å². The maximum Gasteiger partial charge on any atom is 0.262 e. The predicted molar refractivity (Wildman–Crippen MR) is 95.3 cm³/mol. The highest BCUT2D eigenvalue weighted by atomic mass is 79.9. The molecule has 0 aliphatic rings. The van der Waals surface area contributed by atoms with Gasteiger partial charge in [-0.15, -0.1) is 0 Å². The minimum Gasteiger partial charge on any atom is -0.494 e. The summed E-state index contributed by atoms with van der Waals surface area (Å²) < 4.78 is 11.7. The van der Waals surface area contributed by atoms with Gasteiger partial charge in [0.15, 0.2) is 6.61 Å². The van der Waals surface area contributed by atoms with Gasteiger partial charge in [0.25, 0.3) is 5.91 Å². The van der Waals surface area contributed by atoms with E-state index in [2.05, 4.69) is 28.2 Å². The van der Waals surface area contributed by atoms with E-state index >= 15 is 0 Å². The summed E-state index contributed by atoms with van der Waals surface area (Å²) in [6, 6.07) is 13.1. The van der Waals surface area contributed by atoms with Gasteiger partial charge in [0.1, 0.15) is 11.5 Å². The molecule has 0 saturated heterocycles. The van der Waals surface area contributed by atoms with Crippen molar-refractivity contribution in [3.63, 3.8) is 0 Å². The van der Waals surface area contributed by atoms with Gasteiger partial charge in [0, 0.05) is 4.47 Å². The second-order valence-electron chi connectivity index (χ2n) is 4.91. The summed E-state index contributed by atoms with van der Waals surface area (Å²) in [5, 5.41) is 2.83. The summed E-state index contributed by atoms with van der Waals surface area (Å²) in [4.78, 5) is 12.0. The van der Waals surface area contributed by atoms with Crippen molar-refractivity contribution in [2.24, 2.45) is 0 Å². The highest BCUT2D eigenvalue weighted by Gasteiger charge is 2.07. The molecule has 1 N–H and O–H groups in total. The Hall–Kier alpha value is -2.01. The Morgan fingerprint density at radius 1 is 1.04 bits per heavy atom. The number of nitrogens with one attached hydrogen (secondary N) is 1. The first kappa shape index (κ1) is 17.3. The third-order valence-corrected chi connectivity index (χ3v) is 3.88. The Morgan fingerprint density at radius 3 is 2.26 bits per heavy atom. The molecular weight excluding hydrogens is 358 g/mol. The van der Waals surface area contributed by atoms with E-state index in [1.807, 2.05) is 37.3 Å². The van der Waals surface area contributed by atoms with Crippen LogP contribution in [0.5, 0.6) is 11.5 Å². The van der Waals surface area contributed by atoms with Crippen molar-refractivity contribution in [1.82, 2.24) is 0 Å². The summed E-state index contributed by atoms with van der Waals surface area (Å²) in [7, 11) is 0. The van der Waals surface area contributed by atoms with Crippen LogP contribution in [0.25, 0.3) is 0 Å². The molecule has 0 spiro atoms. The second-order valence-corrected chi connectivity index (χ2v) is 5.76. The number of aryl methyl sites for hydroxylation is 1. The Balaban J connectivity index is 1.87. The number of carbonyl (C=O) groups is 1. The number of ether oxygens (including phenoxy) is 2. The molecule has 0 aliphatic carbocycles. The number of hydrogen-bond acceptors (Lipinski definition) is 3. The molecule has 0 atom stereocenters. The zero-order valence-electron chi connectivity index (χ0n) is 13.3. The van der Waals surface area contributed by atoms with E-state index in [1.54, 1.807) is 12.1 Å². The smallest absolute Gasteiger partial charge is 0.262 e. The minimum absolute atomic E-state index is 0.0457. The molecule has 2 rings (SSSR count). The zero-order valence-corrected chi connectivity index (χ0v) is 14.9. The SMILES string of the molecule is CCOc1ccc(OCC(=O)Nc2ccc(CC)cc2Br)cc1. The number of carbonyl (C=O) groups excluding carboxylic acids is 1. The van der Waals surface area contributed by atoms with E-state index in [4.69, 9.17) is 9.47 Å². The predicted octanol–water partition coefficient (Wildman–Crippen LogP) is 4.43. The van der Waals surface area contributed by atoms with E-state index in [-0.39, 0.29) is 12.5 Å². The number of benzene rings is 2. The van der Waals surface area contributed by atoms with Crippen LogP contribution in [0.3, 0.4) is 0 Å².